The lowest BCUT2D eigenvalue weighted by atomic mass is 10.2. The van der Waals surface area contributed by atoms with Gasteiger partial charge in [0.1, 0.15) is 18.1 Å². The smallest absolute Gasteiger partial charge is 0.153 e. The number of benzene rings is 2. The van der Waals surface area contributed by atoms with Gasteiger partial charge in [0.2, 0.25) is 0 Å². The Kier molecular flexibility index (Phi) is 4.58. The van der Waals surface area contributed by atoms with Crippen LogP contribution in [0.3, 0.4) is 0 Å². The molecule has 0 radical (unpaired) electrons. The van der Waals surface area contributed by atoms with Crippen molar-refractivity contribution < 1.29 is 14.3 Å². The highest BCUT2D eigenvalue weighted by Crippen LogP contribution is 2.23. The van der Waals surface area contributed by atoms with Gasteiger partial charge in [-0.3, -0.25) is 4.79 Å². The van der Waals surface area contributed by atoms with Crippen LogP contribution in [0.1, 0.15) is 15.9 Å². The second kappa shape index (κ2) is 6.38. The van der Waals surface area contributed by atoms with Gasteiger partial charge in [0.05, 0.1) is 12.7 Å². The van der Waals surface area contributed by atoms with Crippen molar-refractivity contribution in [2.45, 2.75) is 6.61 Å². The summed E-state index contributed by atoms with van der Waals surface area (Å²) in [6, 6.07) is 12.9. The van der Waals surface area contributed by atoms with Crippen LogP contribution >= 0.6 is 15.9 Å². The van der Waals surface area contributed by atoms with Gasteiger partial charge in [-0.2, -0.15) is 0 Å². The molecule has 0 bridgehead atoms. The Labute approximate surface area is 120 Å². The summed E-state index contributed by atoms with van der Waals surface area (Å²) in [7, 11) is 1.63. The molecule has 0 heterocycles. The number of ether oxygens (including phenoxy) is 2. The molecule has 0 spiro atoms. The Morgan fingerprint density at radius 1 is 1.16 bits per heavy atom. The number of carbonyl (C=O) groups is 1. The molecular formula is C15H13BrO3. The number of methoxy groups -OCH3 is 1. The molecule has 0 N–H and O–H groups in total. The molecule has 0 aromatic heterocycles. The minimum atomic E-state index is 0.404. The zero-order valence-corrected chi connectivity index (χ0v) is 12.0. The van der Waals surface area contributed by atoms with Gasteiger partial charge in [-0.15, -0.1) is 0 Å². The van der Waals surface area contributed by atoms with Crippen molar-refractivity contribution >= 4 is 22.2 Å². The first-order valence-electron chi connectivity index (χ1n) is 5.73. The van der Waals surface area contributed by atoms with Crippen molar-refractivity contribution in [2.24, 2.45) is 0 Å². The monoisotopic (exact) mass is 320 g/mol. The zero-order valence-electron chi connectivity index (χ0n) is 10.4. The third-order valence-electron chi connectivity index (χ3n) is 2.66. The highest BCUT2D eigenvalue weighted by Gasteiger charge is 2.04. The van der Waals surface area contributed by atoms with Crippen LogP contribution in [0.4, 0.5) is 0 Å². The maximum absolute atomic E-state index is 10.9. The van der Waals surface area contributed by atoms with E-state index in [2.05, 4.69) is 15.9 Å². The van der Waals surface area contributed by atoms with E-state index in [0.29, 0.717) is 17.9 Å². The second-order valence-corrected chi connectivity index (χ2v) is 4.85. The van der Waals surface area contributed by atoms with E-state index in [1.54, 1.807) is 19.2 Å². The average Bonchev–Trinajstić information content (AvgIpc) is 2.46. The Bertz CT molecular complexity index is 564. The van der Waals surface area contributed by atoms with Gasteiger partial charge in [0, 0.05) is 4.47 Å². The lowest BCUT2D eigenvalue weighted by Gasteiger charge is -2.09. The molecule has 98 valence electrons. The summed E-state index contributed by atoms with van der Waals surface area (Å²) in [5.74, 6) is 1.37. The maximum atomic E-state index is 10.9. The molecule has 0 aliphatic carbocycles. The minimum Gasteiger partial charge on any atom is -0.497 e. The summed E-state index contributed by atoms with van der Waals surface area (Å²) >= 11 is 3.36. The van der Waals surface area contributed by atoms with Crippen LogP contribution in [0.15, 0.2) is 46.9 Å². The fourth-order valence-electron chi connectivity index (χ4n) is 1.61. The molecule has 0 amide bonds. The first kappa shape index (κ1) is 13.6. The number of rotatable bonds is 5. The van der Waals surface area contributed by atoms with Gasteiger partial charge in [-0.25, -0.2) is 0 Å². The molecule has 0 aliphatic rings. The Morgan fingerprint density at radius 2 is 1.89 bits per heavy atom. The number of hydrogen-bond acceptors (Lipinski definition) is 3. The van der Waals surface area contributed by atoms with Crippen LogP contribution in [0.5, 0.6) is 11.5 Å². The van der Waals surface area contributed by atoms with Crippen LogP contribution < -0.4 is 9.47 Å². The molecule has 19 heavy (non-hydrogen) atoms. The van der Waals surface area contributed by atoms with E-state index in [1.165, 1.54) is 0 Å². The quantitative estimate of drug-likeness (QED) is 0.785. The van der Waals surface area contributed by atoms with Crippen molar-refractivity contribution in [1.82, 2.24) is 0 Å². The predicted molar refractivity (Wildman–Crippen MR) is 76.9 cm³/mol. The maximum Gasteiger partial charge on any atom is 0.153 e. The van der Waals surface area contributed by atoms with Crippen molar-refractivity contribution in [2.75, 3.05) is 7.11 Å². The second-order valence-electron chi connectivity index (χ2n) is 3.94. The Balaban J connectivity index is 2.09. The van der Waals surface area contributed by atoms with Gasteiger partial charge in [0.25, 0.3) is 0 Å². The first-order chi connectivity index (χ1) is 9.22. The highest BCUT2D eigenvalue weighted by atomic mass is 79.9. The Hall–Kier alpha value is -1.81. The van der Waals surface area contributed by atoms with Gasteiger partial charge >= 0.3 is 0 Å². The fraction of sp³-hybridized carbons (Fsp3) is 0.133. The van der Waals surface area contributed by atoms with Crippen LogP contribution in [0.2, 0.25) is 0 Å². The van der Waals surface area contributed by atoms with Gasteiger partial charge < -0.3 is 9.47 Å². The molecule has 2 rings (SSSR count). The molecule has 0 aliphatic heterocycles. The molecule has 2 aromatic rings. The average molecular weight is 321 g/mol. The first-order valence-corrected chi connectivity index (χ1v) is 6.52. The molecular weight excluding hydrogens is 308 g/mol. The van der Waals surface area contributed by atoms with E-state index in [1.807, 2.05) is 30.3 Å². The van der Waals surface area contributed by atoms with E-state index in [4.69, 9.17) is 9.47 Å². The number of halogens is 1. The lowest BCUT2D eigenvalue weighted by Crippen LogP contribution is -1.98. The minimum absolute atomic E-state index is 0.404. The largest absolute Gasteiger partial charge is 0.497 e. The summed E-state index contributed by atoms with van der Waals surface area (Å²) in [5, 5.41) is 0. The normalized spacial score (nSPS) is 10.0. The summed E-state index contributed by atoms with van der Waals surface area (Å²) < 4.78 is 11.6. The summed E-state index contributed by atoms with van der Waals surface area (Å²) in [4.78, 5) is 10.9. The summed E-state index contributed by atoms with van der Waals surface area (Å²) in [6.45, 7) is 0.404. The van der Waals surface area contributed by atoms with Crippen molar-refractivity contribution in [3.63, 3.8) is 0 Å². The van der Waals surface area contributed by atoms with E-state index in [0.717, 1.165) is 22.1 Å². The predicted octanol–water partition coefficient (Wildman–Crippen LogP) is 3.85. The van der Waals surface area contributed by atoms with E-state index < -0.39 is 0 Å². The van der Waals surface area contributed by atoms with E-state index in [9.17, 15) is 4.79 Å². The molecule has 0 unspecified atom stereocenters. The summed E-state index contributed by atoms with van der Waals surface area (Å²) in [5.41, 5.74) is 1.55. The fourth-order valence-corrected chi connectivity index (χ4v) is 1.95. The molecule has 4 heteroatoms. The SMILES string of the molecule is COc1ccc(COc2cc(Br)ccc2C=O)cc1. The van der Waals surface area contributed by atoms with Crippen molar-refractivity contribution in [3.8, 4) is 11.5 Å². The molecule has 0 atom stereocenters. The topological polar surface area (TPSA) is 35.5 Å². The van der Waals surface area contributed by atoms with Crippen LogP contribution in [-0.4, -0.2) is 13.4 Å². The third kappa shape index (κ3) is 3.58. The molecule has 2 aromatic carbocycles. The molecule has 3 nitrogen and oxygen atoms in total. The van der Waals surface area contributed by atoms with Crippen molar-refractivity contribution in [3.05, 3.63) is 58.1 Å². The van der Waals surface area contributed by atoms with Crippen molar-refractivity contribution in [1.29, 1.82) is 0 Å². The molecule has 0 saturated heterocycles. The molecule has 0 saturated carbocycles. The van der Waals surface area contributed by atoms with Crippen LogP contribution in [0.25, 0.3) is 0 Å². The standard InChI is InChI=1S/C15H13BrO3/c1-18-14-6-2-11(3-7-14)10-19-15-8-13(16)5-4-12(15)9-17/h2-9H,10H2,1H3. The zero-order chi connectivity index (χ0) is 13.7. The van der Waals surface area contributed by atoms with Crippen LogP contribution in [0, 0.1) is 0 Å². The van der Waals surface area contributed by atoms with Crippen LogP contribution in [-0.2, 0) is 6.61 Å². The summed E-state index contributed by atoms with van der Waals surface area (Å²) in [6.07, 6.45) is 0.787. The number of carbonyl (C=O) groups excluding carboxylic acids is 1. The number of hydrogen-bond donors (Lipinski definition) is 0. The Morgan fingerprint density at radius 3 is 2.53 bits per heavy atom. The van der Waals surface area contributed by atoms with Gasteiger partial charge in [-0.05, 0) is 35.9 Å². The molecule has 0 fully saturated rings. The lowest BCUT2D eigenvalue weighted by molar-refractivity contribution is 0.111. The van der Waals surface area contributed by atoms with Gasteiger partial charge in [0.15, 0.2) is 6.29 Å². The third-order valence-corrected chi connectivity index (χ3v) is 3.15. The van der Waals surface area contributed by atoms with E-state index in [-0.39, 0.29) is 0 Å². The highest BCUT2D eigenvalue weighted by molar-refractivity contribution is 9.10. The van der Waals surface area contributed by atoms with Gasteiger partial charge in [-0.1, -0.05) is 28.1 Å². The van der Waals surface area contributed by atoms with E-state index >= 15 is 0 Å². The number of aldehydes is 1.